The molecule has 1 aliphatic rings. The summed E-state index contributed by atoms with van der Waals surface area (Å²) in [4.78, 5) is 27.3. The van der Waals surface area contributed by atoms with Crippen LogP contribution in [0.4, 0.5) is 10.5 Å². The average Bonchev–Trinajstić information content (AvgIpc) is 3.16. The van der Waals surface area contributed by atoms with E-state index in [9.17, 15) is 9.59 Å². The first-order chi connectivity index (χ1) is 12.0. The van der Waals surface area contributed by atoms with E-state index in [4.69, 9.17) is 0 Å². The standard InChI is InChI=1S/C19H20N4O2/c1-4-11-23-18(24)17(20-19(23)25)13-16-6-5-12-22(16)15-9-7-14(8-10-15)21(2)3/h4-10,12-13H,1,11H2,2-3H3,(H,20,25)/b17-13+. The van der Waals surface area contributed by atoms with E-state index in [1.165, 1.54) is 6.08 Å². The highest BCUT2D eigenvalue weighted by molar-refractivity contribution is 6.14. The van der Waals surface area contributed by atoms with E-state index in [1.54, 1.807) is 6.08 Å². The molecule has 0 unspecified atom stereocenters. The average molecular weight is 336 g/mol. The number of aromatic nitrogens is 1. The van der Waals surface area contributed by atoms with Gasteiger partial charge in [0, 0.05) is 43.9 Å². The van der Waals surface area contributed by atoms with Crippen molar-refractivity contribution in [3.05, 3.63) is 66.6 Å². The molecule has 0 aliphatic carbocycles. The lowest BCUT2D eigenvalue weighted by atomic mass is 10.2. The van der Waals surface area contributed by atoms with E-state index < -0.39 is 6.03 Å². The number of amides is 3. The number of nitrogens with one attached hydrogen (secondary N) is 1. The summed E-state index contributed by atoms with van der Waals surface area (Å²) in [6.45, 7) is 3.76. The van der Waals surface area contributed by atoms with Gasteiger partial charge in [-0.25, -0.2) is 4.79 Å². The fourth-order valence-corrected chi connectivity index (χ4v) is 2.67. The van der Waals surface area contributed by atoms with E-state index >= 15 is 0 Å². The highest BCUT2D eigenvalue weighted by Crippen LogP contribution is 2.20. The summed E-state index contributed by atoms with van der Waals surface area (Å²) in [5.41, 5.74) is 3.15. The van der Waals surface area contributed by atoms with Crippen LogP contribution in [0.5, 0.6) is 0 Å². The number of anilines is 1. The number of imide groups is 1. The number of urea groups is 1. The molecule has 0 radical (unpaired) electrons. The molecule has 0 bridgehead atoms. The first kappa shape index (κ1) is 16.6. The number of carbonyl (C=O) groups excluding carboxylic acids is 2. The van der Waals surface area contributed by atoms with E-state index in [1.807, 2.05) is 66.2 Å². The Hall–Kier alpha value is -3.28. The lowest BCUT2D eigenvalue weighted by Crippen LogP contribution is -2.30. The predicted octanol–water partition coefficient (Wildman–Crippen LogP) is 2.62. The van der Waals surface area contributed by atoms with Crippen molar-refractivity contribution in [1.29, 1.82) is 0 Å². The summed E-state index contributed by atoms with van der Waals surface area (Å²) in [5.74, 6) is -0.347. The van der Waals surface area contributed by atoms with E-state index in [0.29, 0.717) is 0 Å². The summed E-state index contributed by atoms with van der Waals surface area (Å²) in [6, 6.07) is 11.4. The molecule has 2 aromatic rings. The van der Waals surface area contributed by atoms with Gasteiger partial charge in [-0.05, 0) is 42.5 Å². The van der Waals surface area contributed by atoms with Crippen molar-refractivity contribution in [2.24, 2.45) is 0 Å². The number of hydrogen-bond donors (Lipinski definition) is 1. The van der Waals surface area contributed by atoms with Crippen LogP contribution < -0.4 is 10.2 Å². The van der Waals surface area contributed by atoms with Crippen molar-refractivity contribution in [3.8, 4) is 5.69 Å². The topological polar surface area (TPSA) is 57.6 Å². The molecule has 25 heavy (non-hydrogen) atoms. The molecule has 1 saturated heterocycles. The number of benzene rings is 1. The highest BCUT2D eigenvalue weighted by Gasteiger charge is 2.32. The Morgan fingerprint density at radius 1 is 1.16 bits per heavy atom. The number of nitrogens with zero attached hydrogens (tertiary/aromatic N) is 3. The third-order valence-corrected chi connectivity index (χ3v) is 3.99. The van der Waals surface area contributed by atoms with Crippen LogP contribution in [0.3, 0.4) is 0 Å². The lowest BCUT2D eigenvalue weighted by molar-refractivity contribution is -0.122. The lowest BCUT2D eigenvalue weighted by Gasteiger charge is -2.14. The second-order valence-corrected chi connectivity index (χ2v) is 5.91. The third kappa shape index (κ3) is 3.19. The molecule has 1 aromatic carbocycles. The maximum absolute atomic E-state index is 12.3. The molecule has 0 saturated carbocycles. The van der Waals surface area contributed by atoms with E-state index in [0.717, 1.165) is 22.0 Å². The van der Waals surface area contributed by atoms with Gasteiger partial charge in [0.25, 0.3) is 5.91 Å². The van der Waals surface area contributed by atoms with Crippen LogP contribution in [0, 0.1) is 0 Å². The second-order valence-electron chi connectivity index (χ2n) is 5.91. The van der Waals surface area contributed by atoms with Crippen LogP contribution >= 0.6 is 0 Å². The zero-order valence-corrected chi connectivity index (χ0v) is 14.3. The van der Waals surface area contributed by atoms with Crippen LogP contribution in [-0.4, -0.2) is 42.0 Å². The zero-order valence-electron chi connectivity index (χ0n) is 14.3. The predicted molar refractivity (Wildman–Crippen MR) is 98.5 cm³/mol. The molecule has 1 N–H and O–H groups in total. The second kappa shape index (κ2) is 6.68. The van der Waals surface area contributed by atoms with Crippen LogP contribution in [0.2, 0.25) is 0 Å². The maximum Gasteiger partial charge on any atom is 0.329 e. The summed E-state index contributed by atoms with van der Waals surface area (Å²) in [5, 5.41) is 2.61. The molecule has 1 fully saturated rings. The van der Waals surface area contributed by atoms with Crippen molar-refractivity contribution in [2.75, 3.05) is 25.5 Å². The Balaban J connectivity index is 1.91. The molecule has 2 heterocycles. The van der Waals surface area contributed by atoms with Gasteiger partial charge in [0.15, 0.2) is 0 Å². The largest absolute Gasteiger partial charge is 0.378 e. The van der Waals surface area contributed by atoms with Crippen molar-refractivity contribution in [1.82, 2.24) is 14.8 Å². The van der Waals surface area contributed by atoms with Gasteiger partial charge in [0.05, 0.1) is 0 Å². The van der Waals surface area contributed by atoms with Gasteiger partial charge in [-0.2, -0.15) is 0 Å². The van der Waals surface area contributed by atoms with Crippen molar-refractivity contribution >= 4 is 23.7 Å². The van der Waals surface area contributed by atoms with Crippen LogP contribution in [0.1, 0.15) is 5.69 Å². The molecule has 0 atom stereocenters. The molecule has 3 amide bonds. The van der Waals surface area contributed by atoms with Crippen LogP contribution in [0.25, 0.3) is 11.8 Å². The minimum atomic E-state index is -0.426. The van der Waals surface area contributed by atoms with Gasteiger partial charge in [0.1, 0.15) is 5.70 Å². The Labute approximate surface area is 146 Å². The fourth-order valence-electron chi connectivity index (χ4n) is 2.67. The summed E-state index contributed by atoms with van der Waals surface area (Å²) in [6.07, 6.45) is 5.12. The SMILES string of the molecule is C=CCN1C(=O)N/C(=C/c2cccn2-c2ccc(N(C)C)cc2)C1=O. The summed E-state index contributed by atoms with van der Waals surface area (Å²) < 4.78 is 1.96. The minimum absolute atomic E-state index is 0.190. The van der Waals surface area contributed by atoms with Crippen molar-refractivity contribution < 1.29 is 9.59 Å². The molecule has 6 heteroatoms. The summed E-state index contributed by atoms with van der Waals surface area (Å²) >= 11 is 0. The van der Waals surface area contributed by atoms with E-state index in [2.05, 4.69) is 11.9 Å². The smallest absolute Gasteiger partial charge is 0.329 e. The highest BCUT2D eigenvalue weighted by atomic mass is 16.2. The Morgan fingerprint density at radius 2 is 1.88 bits per heavy atom. The Bertz CT molecular complexity index is 847. The minimum Gasteiger partial charge on any atom is -0.378 e. The van der Waals surface area contributed by atoms with Gasteiger partial charge >= 0.3 is 6.03 Å². The monoisotopic (exact) mass is 336 g/mol. The molecule has 1 aliphatic heterocycles. The molecule has 6 nitrogen and oxygen atoms in total. The normalized spacial score (nSPS) is 15.6. The molecule has 1 aromatic heterocycles. The molecule has 128 valence electrons. The van der Waals surface area contributed by atoms with Crippen molar-refractivity contribution in [3.63, 3.8) is 0 Å². The van der Waals surface area contributed by atoms with Gasteiger partial charge in [-0.3, -0.25) is 9.69 Å². The number of rotatable bonds is 5. The number of carbonyl (C=O) groups is 2. The van der Waals surface area contributed by atoms with Crippen LogP contribution in [0.15, 0.2) is 60.9 Å². The summed E-state index contributed by atoms with van der Waals surface area (Å²) in [7, 11) is 3.98. The van der Waals surface area contributed by atoms with Gasteiger partial charge in [-0.1, -0.05) is 6.08 Å². The van der Waals surface area contributed by atoms with Gasteiger partial charge < -0.3 is 14.8 Å². The molecule has 3 rings (SSSR count). The zero-order chi connectivity index (χ0) is 18.0. The first-order valence-corrected chi connectivity index (χ1v) is 7.92. The first-order valence-electron chi connectivity index (χ1n) is 7.92. The quantitative estimate of drug-likeness (QED) is 0.519. The molecular weight excluding hydrogens is 316 g/mol. The fraction of sp³-hybridized carbons (Fsp3) is 0.158. The Kier molecular flexibility index (Phi) is 4.43. The molecule has 0 spiro atoms. The van der Waals surface area contributed by atoms with Crippen LogP contribution in [-0.2, 0) is 4.79 Å². The van der Waals surface area contributed by atoms with Gasteiger partial charge in [0.2, 0.25) is 0 Å². The van der Waals surface area contributed by atoms with E-state index in [-0.39, 0.29) is 18.1 Å². The third-order valence-electron chi connectivity index (χ3n) is 3.99. The van der Waals surface area contributed by atoms with Crippen molar-refractivity contribution in [2.45, 2.75) is 0 Å². The molecular formula is C19H20N4O2. The number of hydrogen-bond acceptors (Lipinski definition) is 3. The maximum atomic E-state index is 12.3. The van der Waals surface area contributed by atoms with Gasteiger partial charge in [-0.15, -0.1) is 6.58 Å². The Morgan fingerprint density at radius 3 is 2.52 bits per heavy atom.